The second-order valence-electron chi connectivity index (χ2n) is 8.29. The van der Waals surface area contributed by atoms with E-state index in [0.717, 1.165) is 25.7 Å². The van der Waals surface area contributed by atoms with Gasteiger partial charge in [0.25, 0.3) is 5.91 Å². The van der Waals surface area contributed by atoms with Gasteiger partial charge in [0.2, 0.25) is 10.0 Å². The summed E-state index contributed by atoms with van der Waals surface area (Å²) in [7, 11) is -3.17. The fraction of sp³-hybridized carbons (Fsp3) is 0.667. The highest BCUT2D eigenvalue weighted by molar-refractivity contribution is 7.89. The van der Waals surface area contributed by atoms with Crippen molar-refractivity contribution in [2.45, 2.75) is 51.0 Å². The van der Waals surface area contributed by atoms with Crippen molar-refractivity contribution in [2.24, 2.45) is 0 Å². The lowest BCUT2D eigenvalue weighted by Crippen LogP contribution is -2.62. The van der Waals surface area contributed by atoms with Crippen LogP contribution in [0.2, 0.25) is 10.0 Å². The minimum Gasteiger partial charge on any atom is -0.350 e. The lowest BCUT2D eigenvalue weighted by molar-refractivity contribution is 0.0240. The Balaban J connectivity index is 1.68. The molecule has 6 nitrogen and oxygen atoms in total. The molecule has 1 heterocycles. The zero-order valence-electron chi connectivity index (χ0n) is 17.5. The van der Waals surface area contributed by atoms with Gasteiger partial charge < -0.3 is 5.32 Å². The molecule has 1 saturated heterocycles. The zero-order chi connectivity index (χ0) is 21.8. The SMILES string of the molecule is CCCS(=O)(=O)N1CCN(C2(CNC(=O)c3cc(Cl)ccc3Cl)CCCCC2)CC1. The van der Waals surface area contributed by atoms with Crippen molar-refractivity contribution in [2.75, 3.05) is 38.5 Å². The number of carbonyl (C=O) groups excluding carboxylic acids is 1. The molecule has 0 atom stereocenters. The first-order valence-corrected chi connectivity index (χ1v) is 13.1. The van der Waals surface area contributed by atoms with Gasteiger partial charge in [-0.05, 0) is 37.5 Å². The molecule has 0 radical (unpaired) electrons. The Morgan fingerprint density at radius 1 is 1.10 bits per heavy atom. The third-order valence-electron chi connectivity index (χ3n) is 6.30. The van der Waals surface area contributed by atoms with E-state index in [2.05, 4.69) is 10.2 Å². The number of nitrogens with zero attached hydrogens (tertiary/aromatic N) is 2. The third kappa shape index (κ3) is 5.49. The summed E-state index contributed by atoms with van der Waals surface area (Å²) in [5.41, 5.74) is 0.241. The molecule has 1 saturated carbocycles. The lowest BCUT2D eigenvalue weighted by atomic mass is 9.79. The van der Waals surface area contributed by atoms with E-state index in [4.69, 9.17) is 23.2 Å². The average molecular weight is 476 g/mol. The number of carbonyl (C=O) groups is 1. The molecule has 1 N–H and O–H groups in total. The molecular formula is C21H31Cl2N3O3S. The van der Waals surface area contributed by atoms with E-state index in [-0.39, 0.29) is 17.2 Å². The highest BCUT2D eigenvalue weighted by Crippen LogP contribution is 2.34. The predicted octanol–water partition coefficient (Wildman–Crippen LogP) is 3.78. The summed E-state index contributed by atoms with van der Waals surface area (Å²) in [6.45, 7) is 4.82. The number of hydrogen-bond acceptors (Lipinski definition) is 4. The summed E-state index contributed by atoms with van der Waals surface area (Å²) in [6, 6.07) is 4.88. The number of sulfonamides is 1. The molecule has 2 aliphatic rings. The third-order valence-corrected chi connectivity index (χ3v) is 8.94. The van der Waals surface area contributed by atoms with E-state index in [9.17, 15) is 13.2 Å². The van der Waals surface area contributed by atoms with Crippen LogP contribution >= 0.6 is 23.2 Å². The normalized spacial score (nSPS) is 20.8. The van der Waals surface area contributed by atoms with Gasteiger partial charge in [0.05, 0.1) is 16.3 Å². The number of piperazine rings is 1. The van der Waals surface area contributed by atoms with Gasteiger partial charge in [-0.2, -0.15) is 4.31 Å². The second kappa shape index (κ2) is 10.2. The molecule has 1 amide bonds. The maximum atomic E-state index is 12.8. The van der Waals surface area contributed by atoms with Crippen molar-refractivity contribution in [3.63, 3.8) is 0 Å². The van der Waals surface area contributed by atoms with Crippen LogP contribution in [0.5, 0.6) is 0 Å². The van der Waals surface area contributed by atoms with E-state index in [1.165, 1.54) is 6.42 Å². The highest BCUT2D eigenvalue weighted by atomic mass is 35.5. The number of rotatable bonds is 7. The van der Waals surface area contributed by atoms with Crippen molar-refractivity contribution < 1.29 is 13.2 Å². The average Bonchev–Trinajstić information content (AvgIpc) is 2.74. The molecule has 1 aliphatic carbocycles. The summed E-state index contributed by atoms with van der Waals surface area (Å²) in [5.74, 6) is -0.0224. The van der Waals surface area contributed by atoms with Crippen molar-refractivity contribution in [3.8, 4) is 0 Å². The molecule has 30 heavy (non-hydrogen) atoms. The Labute approximate surface area is 189 Å². The van der Waals surface area contributed by atoms with Crippen LogP contribution in [0.4, 0.5) is 0 Å². The Bertz CT molecular complexity index is 849. The first-order valence-electron chi connectivity index (χ1n) is 10.7. The first kappa shape index (κ1) is 23.8. The summed E-state index contributed by atoms with van der Waals surface area (Å²) in [6.07, 6.45) is 6.05. The Hall–Kier alpha value is -0.860. The first-order chi connectivity index (χ1) is 14.3. The lowest BCUT2D eigenvalue weighted by Gasteiger charge is -2.49. The van der Waals surface area contributed by atoms with Gasteiger partial charge in [-0.3, -0.25) is 9.69 Å². The number of amides is 1. The molecular weight excluding hydrogens is 445 g/mol. The molecule has 9 heteroatoms. The summed E-state index contributed by atoms with van der Waals surface area (Å²) >= 11 is 12.2. The van der Waals surface area contributed by atoms with Crippen LogP contribution in [0, 0.1) is 0 Å². The molecule has 168 valence electrons. The van der Waals surface area contributed by atoms with Crippen LogP contribution in [0.1, 0.15) is 55.8 Å². The molecule has 0 aromatic heterocycles. The van der Waals surface area contributed by atoms with Crippen molar-refractivity contribution in [1.82, 2.24) is 14.5 Å². The van der Waals surface area contributed by atoms with Gasteiger partial charge >= 0.3 is 0 Å². The largest absolute Gasteiger partial charge is 0.350 e. The number of hydrogen-bond donors (Lipinski definition) is 1. The van der Waals surface area contributed by atoms with Crippen molar-refractivity contribution in [3.05, 3.63) is 33.8 Å². The van der Waals surface area contributed by atoms with Crippen molar-refractivity contribution >= 4 is 39.1 Å². The fourth-order valence-corrected chi connectivity index (χ4v) is 6.52. The van der Waals surface area contributed by atoms with Crippen LogP contribution in [0.25, 0.3) is 0 Å². The number of benzene rings is 1. The van der Waals surface area contributed by atoms with Crippen LogP contribution in [0.3, 0.4) is 0 Å². The molecule has 3 rings (SSSR count). The van der Waals surface area contributed by atoms with E-state index in [1.54, 1.807) is 22.5 Å². The van der Waals surface area contributed by atoms with Crippen LogP contribution < -0.4 is 5.32 Å². The Morgan fingerprint density at radius 2 is 1.77 bits per heavy atom. The summed E-state index contributed by atoms with van der Waals surface area (Å²) in [4.78, 5) is 15.2. The summed E-state index contributed by atoms with van der Waals surface area (Å²) in [5, 5.41) is 3.93. The van der Waals surface area contributed by atoms with E-state index in [1.807, 2.05) is 6.92 Å². The van der Waals surface area contributed by atoms with Gasteiger partial charge in [-0.15, -0.1) is 0 Å². The molecule has 0 bridgehead atoms. The Morgan fingerprint density at radius 3 is 2.40 bits per heavy atom. The van der Waals surface area contributed by atoms with Crippen LogP contribution in [0.15, 0.2) is 18.2 Å². The van der Waals surface area contributed by atoms with Gasteiger partial charge in [-0.1, -0.05) is 49.4 Å². The Kier molecular flexibility index (Phi) is 8.07. The standard InChI is InChI=1S/C21H31Cl2N3O3S/c1-2-14-30(28,29)26-12-10-25(11-13-26)21(8-4-3-5-9-21)16-24-20(27)18-15-17(22)6-7-19(18)23/h6-7,15H,2-5,8-14,16H2,1H3,(H,24,27). The molecule has 2 fully saturated rings. The summed E-state index contributed by atoms with van der Waals surface area (Å²) < 4.78 is 26.4. The maximum absolute atomic E-state index is 12.8. The van der Waals surface area contributed by atoms with Crippen LogP contribution in [-0.2, 0) is 10.0 Å². The highest BCUT2D eigenvalue weighted by Gasteiger charge is 2.40. The molecule has 1 aromatic carbocycles. The second-order valence-corrected chi connectivity index (χ2v) is 11.2. The molecule has 0 spiro atoms. The smallest absolute Gasteiger partial charge is 0.252 e. The zero-order valence-corrected chi connectivity index (χ0v) is 19.8. The number of nitrogens with one attached hydrogen (secondary N) is 1. The number of halogens is 2. The minimum absolute atomic E-state index is 0.139. The molecule has 0 unspecified atom stereocenters. The van der Waals surface area contributed by atoms with E-state index < -0.39 is 10.0 Å². The van der Waals surface area contributed by atoms with Gasteiger partial charge in [0.1, 0.15) is 0 Å². The minimum atomic E-state index is -3.17. The van der Waals surface area contributed by atoms with E-state index >= 15 is 0 Å². The van der Waals surface area contributed by atoms with Gasteiger partial charge in [0, 0.05) is 43.3 Å². The van der Waals surface area contributed by atoms with Gasteiger partial charge in [0.15, 0.2) is 0 Å². The predicted molar refractivity (Wildman–Crippen MR) is 122 cm³/mol. The maximum Gasteiger partial charge on any atom is 0.252 e. The van der Waals surface area contributed by atoms with Crippen molar-refractivity contribution in [1.29, 1.82) is 0 Å². The quantitative estimate of drug-likeness (QED) is 0.651. The monoisotopic (exact) mass is 475 g/mol. The van der Waals surface area contributed by atoms with Gasteiger partial charge in [-0.25, -0.2) is 8.42 Å². The topological polar surface area (TPSA) is 69.7 Å². The molecule has 1 aliphatic heterocycles. The van der Waals surface area contributed by atoms with Crippen LogP contribution in [-0.4, -0.2) is 67.5 Å². The fourth-order valence-electron chi connectivity index (χ4n) is 4.65. The van der Waals surface area contributed by atoms with E-state index in [0.29, 0.717) is 54.8 Å². The molecule has 1 aromatic rings.